The highest BCUT2D eigenvalue weighted by Crippen LogP contribution is 2.25. The first-order valence-electron chi connectivity index (χ1n) is 10.9. The minimum atomic E-state index is -3.87. The van der Waals surface area contributed by atoms with Gasteiger partial charge in [-0.1, -0.05) is 84.4 Å². The lowest BCUT2D eigenvalue weighted by molar-refractivity contribution is 0.0942. The second-order valence-corrected chi connectivity index (χ2v) is 9.83. The number of amides is 1. The molecule has 0 aliphatic rings. The molecule has 0 unspecified atom stereocenters. The van der Waals surface area contributed by atoms with Gasteiger partial charge in [0.1, 0.15) is 0 Å². The molecule has 172 valence electrons. The van der Waals surface area contributed by atoms with Crippen LogP contribution in [0.25, 0.3) is 0 Å². The zero-order chi connectivity index (χ0) is 24.1. The summed E-state index contributed by atoms with van der Waals surface area (Å²) in [5.41, 5.74) is 4.29. The summed E-state index contributed by atoms with van der Waals surface area (Å²) in [6.45, 7) is 3.72. The van der Waals surface area contributed by atoms with Gasteiger partial charge >= 0.3 is 0 Å². The molecule has 0 spiro atoms. The number of hydrogen-bond donors (Lipinski definition) is 2. The van der Waals surface area contributed by atoms with Crippen molar-refractivity contribution in [1.82, 2.24) is 5.32 Å². The number of hydrogen-bond acceptors (Lipinski definition) is 3. The average molecular weight is 471 g/mol. The first-order valence-corrected chi connectivity index (χ1v) is 12.4. The fraction of sp³-hybridized carbons (Fsp3) is 0.107. The quantitative estimate of drug-likeness (QED) is 0.368. The Hall–Kier alpha value is -3.90. The van der Waals surface area contributed by atoms with E-state index >= 15 is 0 Å². The summed E-state index contributed by atoms with van der Waals surface area (Å²) < 4.78 is 28.7. The number of benzene rings is 4. The van der Waals surface area contributed by atoms with Gasteiger partial charge in [0.25, 0.3) is 15.9 Å². The minimum absolute atomic E-state index is 0.0654. The molecule has 0 saturated carbocycles. The topological polar surface area (TPSA) is 75.3 Å². The molecular formula is C28H26N2O3S. The van der Waals surface area contributed by atoms with Gasteiger partial charge in [0.15, 0.2) is 0 Å². The number of carbonyl (C=O) groups is 1. The van der Waals surface area contributed by atoms with Crippen LogP contribution in [-0.4, -0.2) is 14.3 Å². The minimum Gasteiger partial charge on any atom is -0.341 e. The maximum Gasteiger partial charge on any atom is 0.262 e. The zero-order valence-corrected chi connectivity index (χ0v) is 19.8. The highest BCUT2D eigenvalue weighted by atomic mass is 32.2. The third kappa shape index (κ3) is 5.35. The summed E-state index contributed by atoms with van der Waals surface area (Å²) in [6, 6.07) is 30.7. The summed E-state index contributed by atoms with van der Waals surface area (Å²) in [5, 5.41) is 3.08. The smallest absolute Gasteiger partial charge is 0.262 e. The molecule has 2 N–H and O–H groups in total. The summed E-state index contributed by atoms with van der Waals surface area (Å²) in [5.74, 6) is -0.356. The Bertz CT molecular complexity index is 1390. The van der Waals surface area contributed by atoms with Gasteiger partial charge in [-0.25, -0.2) is 8.42 Å². The summed E-state index contributed by atoms with van der Waals surface area (Å²) >= 11 is 0. The van der Waals surface area contributed by atoms with Crippen molar-refractivity contribution in [3.8, 4) is 0 Å². The highest BCUT2D eigenvalue weighted by Gasteiger charge is 2.22. The second-order valence-electron chi connectivity index (χ2n) is 8.18. The maximum absolute atomic E-state index is 13.3. The van der Waals surface area contributed by atoms with Crippen LogP contribution in [0.1, 0.15) is 38.7 Å². The van der Waals surface area contributed by atoms with Crippen molar-refractivity contribution < 1.29 is 13.2 Å². The molecule has 34 heavy (non-hydrogen) atoms. The van der Waals surface area contributed by atoms with Crippen molar-refractivity contribution in [1.29, 1.82) is 0 Å². The molecule has 4 rings (SSSR count). The van der Waals surface area contributed by atoms with Crippen LogP contribution in [0.5, 0.6) is 0 Å². The summed E-state index contributed by atoms with van der Waals surface area (Å²) in [4.78, 5) is 13.4. The van der Waals surface area contributed by atoms with Gasteiger partial charge in [-0.3, -0.25) is 9.52 Å². The van der Waals surface area contributed by atoms with E-state index in [4.69, 9.17) is 0 Å². The van der Waals surface area contributed by atoms with Gasteiger partial charge in [0.05, 0.1) is 10.9 Å². The van der Waals surface area contributed by atoms with E-state index in [0.29, 0.717) is 11.3 Å². The van der Waals surface area contributed by atoms with E-state index in [2.05, 4.69) is 10.0 Å². The van der Waals surface area contributed by atoms with Gasteiger partial charge < -0.3 is 5.32 Å². The Morgan fingerprint density at radius 1 is 0.735 bits per heavy atom. The number of anilines is 1. The molecule has 0 saturated heterocycles. The van der Waals surface area contributed by atoms with E-state index in [-0.39, 0.29) is 22.4 Å². The van der Waals surface area contributed by atoms with Crippen LogP contribution in [0, 0.1) is 13.8 Å². The monoisotopic (exact) mass is 470 g/mol. The van der Waals surface area contributed by atoms with Crippen LogP contribution < -0.4 is 10.0 Å². The molecule has 6 heteroatoms. The summed E-state index contributed by atoms with van der Waals surface area (Å²) in [7, 11) is -3.87. The number of aryl methyl sites for hydroxylation is 2. The fourth-order valence-corrected chi connectivity index (χ4v) is 5.06. The van der Waals surface area contributed by atoms with Gasteiger partial charge in [-0.2, -0.15) is 0 Å². The average Bonchev–Trinajstić information content (AvgIpc) is 2.84. The van der Waals surface area contributed by atoms with Gasteiger partial charge in [0, 0.05) is 11.3 Å². The molecule has 1 atom stereocenters. The van der Waals surface area contributed by atoms with E-state index in [0.717, 1.165) is 16.7 Å². The Morgan fingerprint density at radius 3 is 1.97 bits per heavy atom. The van der Waals surface area contributed by atoms with Crippen LogP contribution in [0.3, 0.4) is 0 Å². The van der Waals surface area contributed by atoms with Crippen molar-refractivity contribution in [2.45, 2.75) is 24.8 Å². The molecular weight excluding hydrogens is 444 g/mol. The molecule has 4 aromatic rings. The molecule has 0 heterocycles. The van der Waals surface area contributed by atoms with Crippen LogP contribution in [0.15, 0.2) is 108 Å². The van der Waals surface area contributed by atoms with Crippen molar-refractivity contribution in [2.24, 2.45) is 0 Å². The first kappa shape index (κ1) is 23.3. The van der Waals surface area contributed by atoms with Gasteiger partial charge in [0.2, 0.25) is 0 Å². The van der Waals surface area contributed by atoms with Crippen LogP contribution in [0.2, 0.25) is 0 Å². The Kier molecular flexibility index (Phi) is 6.80. The van der Waals surface area contributed by atoms with E-state index in [1.54, 1.807) is 43.3 Å². The Morgan fingerprint density at radius 2 is 1.32 bits per heavy atom. The van der Waals surface area contributed by atoms with Crippen molar-refractivity contribution >= 4 is 21.6 Å². The molecule has 4 aromatic carbocycles. The molecule has 0 bridgehead atoms. The van der Waals surface area contributed by atoms with Crippen LogP contribution in [-0.2, 0) is 10.0 Å². The lowest BCUT2D eigenvalue weighted by atomic mass is 9.97. The summed E-state index contributed by atoms with van der Waals surface area (Å²) in [6.07, 6.45) is 0. The van der Waals surface area contributed by atoms with Crippen molar-refractivity contribution in [2.75, 3.05) is 4.72 Å². The first-order chi connectivity index (χ1) is 16.3. The molecule has 0 radical (unpaired) electrons. The number of sulfonamides is 1. The predicted molar refractivity (Wildman–Crippen MR) is 135 cm³/mol. The third-order valence-corrected chi connectivity index (χ3v) is 7.11. The lowest BCUT2D eigenvalue weighted by Crippen LogP contribution is -2.29. The fourth-order valence-electron chi connectivity index (χ4n) is 3.73. The molecule has 0 aromatic heterocycles. The normalized spacial score (nSPS) is 12.1. The van der Waals surface area contributed by atoms with E-state index < -0.39 is 10.0 Å². The highest BCUT2D eigenvalue weighted by molar-refractivity contribution is 7.92. The third-order valence-electron chi connectivity index (χ3n) is 5.58. The Balaban J connectivity index is 1.65. The number of para-hydroxylation sites is 1. The van der Waals surface area contributed by atoms with E-state index in [1.165, 1.54) is 6.07 Å². The molecule has 0 fully saturated rings. The van der Waals surface area contributed by atoms with Crippen LogP contribution in [0.4, 0.5) is 5.69 Å². The maximum atomic E-state index is 13.3. The molecule has 0 aliphatic heterocycles. The molecule has 1 amide bonds. The Labute approximate surface area is 200 Å². The molecule has 5 nitrogen and oxygen atoms in total. The SMILES string of the molecule is Cc1ccc([C@H](NC(=O)c2ccc(C)c(S(=O)(=O)Nc3ccccc3)c2)c2ccccc2)cc1. The largest absolute Gasteiger partial charge is 0.341 e. The van der Waals surface area contributed by atoms with E-state index in [9.17, 15) is 13.2 Å². The second kappa shape index (κ2) is 9.93. The van der Waals surface area contributed by atoms with Crippen molar-refractivity contribution in [3.63, 3.8) is 0 Å². The van der Waals surface area contributed by atoms with E-state index in [1.807, 2.05) is 67.6 Å². The standard InChI is InChI=1S/C28H26N2O3S/c1-20-13-16-23(17-14-20)27(22-9-5-3-6-10-22)29-28(31)24-18-15-21(2)26(19-24)34(32,33)30-25-11-7-4-8-12-25/h3-19,27,30H,1-2H3,(H,29,31)/t27-/m1/s1. The van der Waals surface area contributed by atoms with Gasteiger partial charge in [-0.15, -0.1) is 0 Å². The predicted octanol–water partition coefficient (Wildman–Crippen LogP) is 5.62. The van der Waals surface area contributed by atoms with Crippen molar-refractivity contribution in [3.05, 3.63) is 131 Å². The lowest BCUT2D eigenvalue weighted by Gasteiger charge is -2.20. The molecule has 0 aliphatic carbocycles. The number of nitrogens with one attached hydrogen (secondary N) is 2. The van der Waals surface area contributed by atoms with Crippen LogP contribution >= 0.6 is 0 Å². The zero-order valence-electron chi connectivity index (χ0n) is 19.0. The van der Waals surface area contributed by atoms with Gasteiger partial charge in [-0.05, 0) is 54.8 Å². The number of carbonyl (C=O) groups excluding carboxylic acids is 1. The number of rotatable bonds is 7.